The first-order chi connectivity index (χ1) is 11.2. The van der Waals surface area contributed by atoms with E-state index in [4.69, 9.17) is 0 Å². The van der Waals surface area contributed by atoms with Gasteiger partial charge in [0, 0.05) is 6.04 Å². The standard InChI is InChI=1S/C17H24N4OS/c1-20-9-7-13(8-10-20)18-17(22)11-21-15-6-4-3-5-14(15)19-16(21)12-23-2/h3-6,13H,7-12H2,1-2H3,(H,18,22). The number of carbonyl (C=O) groups is 1. The maximum atomic E-state index is 12.5. The highest BCUT2D eigenvalue weighted by Crippen LogP contribution is 2.19. The zero-order chi connectivity index (χ0) is 16.2. The number of hydrogen-bond acceptors (Lipinski definition) is 4. The van der Waals surface area contributed by atoms with Crippen molar-refractivity contribution in [3.63, 3.8) is 0 Å². The van der Waals surface area contributed by atoms with Crippen molar-refractivity contribution in [2.24, 2.45) is 0 Å². The second-order valence-corrected chi connectivity index (χ2v) is 7.05. The molecule has 0 unspecified atom stereocenters. The first-order valence-corrected chi connectivity index (χ1v) is 9.47. The number of nitrogens with one attached hydrogen (secondary N) is 1. The minimum atomic E-state index is 0.0880. The van der Waals surface area contributed by atoms with E-state index in [1.165, 1.54) is 0 Å². The Bertz CT molecular complexity index is 676. The van der Waals surface area contributed by atoms with E-state index >= 15 is 0 Å². The summed E-state index contributed by atoms with van der Waals surface area (Å²) >= 11 is 1.73. The number of benzene rings is 1. The topological polar surface area (TPSA) is 50.2 Å². The summed E-state index contributed by atoms with van der Waals surface area (Å²) in [5.74, 6) is 1.87. The maximum Gasteiger partial charge on any atom is 0.240 e. The van der Waals surface area contributed by atoms with Crippen molar-refractivity contribution < 1.29 is 4.79 Å². The number of likely N-dealkylation sites (tertiary alicyclic amines) is 1. The fourth-order valence-corrected chi connectivity index (χ4v) is 3.59. The lowest BCUT2D eigenvalue weighted by Gasteiger charge is -2.29. The molecule has 0 aliphatic carbocycles. The number of para-hydroxylation sites is 2. The van der Waals surface area contributed by atoms with Crippen molar-refractivity contribution in [3.8, 4) is 0 Å². The molecule has 124 valence electrons. The van der Waals surface area contributed by atoms with E-state index in [0.717, 1.165) is 48.5 Å². The van der Waals surface area contributed by atoms with Crippen LogP contribution in [0.15, 0.2) is 24.3 Å². The molecule has 1 amide bonds. The van der Waals surface area contributed by atoms with Gasteiger partial charge in [0.2, 0.25) is 5.91 Å². The van der Waals surface area contributed by atoms with E-state index in [2.05, 4.69) is 33.1 Å². The van der Waals surface area contributed by atoms with E-state index in [1.807, 2.05) is 24.3 Å². The highest BCUT2D eigenvalue weighted by atomic mass is 32.2. The van der Waals surface area contributed by atoms with Gasteiger partial charge in [-0.1, -0.05) is 12.1 Å². The zero-order valence-corrected chi connectivity index (χ0v) is 14.6. The molecule has 0 saturated carbocycles. The van der Waals surface area contributed by atoms with Gasteiger partial charge in [0.1, 0.15) is 12.4 Å². The number of aromatic nitrogens is 2. The number of carbonyl (C=O) groups excluding carboxylic acids is 1. The van der Waals surface area contributed by atoms with Crippen LogP contribution in [0, 0.1) is 0 Å². The molecular formula is C17H24N4OS. The molecule has 0 spiro atoms. The first-order valence-electron chi connectivity index (χ1n) is 8.08. The molecule has 2 aromatic rings. The van der Waals surface area contributed by atoms with Crippen LogP contribution in [0.3, 0.4) is 0 Å². The minimum Gasteiger partial charge on any atom is -0.352 e. The average molecular weight is 332 g/mol. The van der Waals surface area contributed by atoms with Crippen molar-refractivity contribution in [1.82, 2.24) is 19.8 Å². The Morgan fingerprint density at radius 2 is 2.09 bits per heavy atom. The Hall–Kier alpha value is -1.53. The molecule has 0 atom stereocenters. The van der Waals surface area contributed by atoms with Crippen molar-refractivity contribution in [2.45, 2.75) is 31.2 Å². The van der Waals surface area contributed by atoms with Gasteiger partial charge in [-0.05, 0) is 51.4 Å². The van der Waals surface area contributed by atoms with Gasteiger partial charge < -0.3 is 14.8 Å². The largest absolute Gasteiger partial charge is 0.352 e. The summed E-state index contributed by atoms with van der Waals surface area (Å²) in [6.07, 6.45) is 4.12. The van der Waals surface area contributed by atoms with Crippen LogP contribution < -0.4 is 5.32 Å². The van der Waals surface area contributed by atoms with Gasteiger partial charge in [-0.3, -0.25) is 4.79 Å². The number of imidazole rings is 1. The van der Waals surface area contributed by atoms with Crippen molar-refractivity contribution >= 4 is 28.7 Å². The maximum absolute atomic E-state index is 12.5. The van der Waals surface area contributed by atoms with Crippen LogP contribution in [-0.2, 0) is 17.1 Å². The number of amides is 1. The number of hydrogen-bond donors (Lipinski definition) is 1. The molecule has 0 bridgehead atoms. The Balaban J connectivity index is 1.72. The molecule has 1 aliphatic rings. The van der Waals surface area contributed by atoms with Gasteiger partial charge in [0.05, 0.1) is 16.8 Å². The quantitative estimate of drug-likeness (QED) is 0.911. The number of fused-ring (bicyclic) bond motifs is 1. The Morgan fingerprint density at radius 3 is 2.83 bits per heavy atom. The summed E-state index contributed by atoms with van der Waals surface area (Å²) in [6, 6.07) is 8.33. The van der Waals surface area contributed by atoms with E-state index in [0.29, 0.717) is 12.6 Å². The van der Waals surface area contributed by atoms with Gasteiger partial charge in [0.25, 0.3) is 0 Å². The number of piperidine rings is 1. The predicted molar refractivity (Wildman–Crippen MR) is 95.6 cm³/mol. The van der Waals surface area contributed by atoms with E-state index in [9.17, 15) is 4.79 Å². The molecular weight excluding hydrogens is 308 g/mol. The van der Waals surface area contributed by atoms with Crippen LogP contribution in [0.4, 0.5) is 0 Å². The van der Waals surface area contributed by atoms with Crippen LogP contribution in [0.2, 0.25) is 0 Å². The minimum absolute atomic E-state index is 0.0880. The van der Waals surface area contributed by atoms with Crippen LogP contribution in [-0.4, -0.2) is 52.8 Å². The molecule has 3 rings (SSSR count). The van der Waals surface area contributed by atoms with Crippen LogP contribution in [0.5, 0.6) is 0 Å². The van der Waals surface area contributed by atoms with Gasteiger partial charge in [-0.15, -0.1) is 0 Å². The third-order valence-corrected chi connectivity index (χ3v) is 4.94. The zero-order valence-electron chi connectivity index (χ0n) is 13.8. The van der Waals surface area contributed by atoms with Gasteiger partial charge in [-0.2, -0.15) is 11.8 Å². The van der Waals surface area contributed by atoms with Gasteiger partial charge in [0.15, 0.2) is 0 Å². The fraction of sp³-hybridized carbons (Fsp3) is 0.529. The van der Waals surface area contributed by atoms with Gasteiger partial charge in [-0.25, -0.2) is 4.98 Å². The molecule has 6 heteroatoms. The molecule has 1 N–H and O–H groups in total. The van der Waals surface area contributed by atoms with E-state index in [1.54, 1.807) is 11.8 Å². The highest BCUT2D eigenvalue weighted by molar-refractivity contribution is 7.97. The summed E-state index contributed by atoms with van der Waals surface area (Å²) in [7, 11) is 2.13. The van der Waals surface area contributed by atoms with E-state index < -0.39 is 0 Å². The van der Waals surface area contributed by atoms with Crippen molar-refractivity contribution in [1.29, 1.82) is 0 Å². The Kier molecular flexibility index (Phi) is 5.23. The lowest BCUT2D eigenvalue weighted by molar-refractivity contribution is -0.122. The van der Waals surface area contributed by atoms with Crippen LogP contribution >= 0.6 is 11.8 Å². The third-order valence-electron chi connectivity index (χ3n) is 4.39. The first kappa shape index (κ1) is 16.3. The third kappa shape index (κ3) is 3.87. The second-order valence-electron chi connectivity index (χ2n) is 6.18. The molecule has 23 heavy (non-hydrogen) atoms. The summed E-state index contributed by atoms with van der Waals surface area (Å²) in [5, 5.41) is 3.19. The summed E-state index contributed by atoms with van der Waals surface area (Å²) < 4.78 is 2.05. The molecule has 2 heterocycles. The molecule has 5 nitrogen and oxygen atoms in total. The monoisotopic (exact) mass is 332 g/mol. The normalized spacial score (nSPS) is 16.8. The van der Waals surface area contributed by atoms with Gasteiger partial charge >= 0.3 is 0 Å². The molecule has 1 fully saturated rings. The predicted octanol–water partition coefficient (Wildman–Crippen LogP) is 2.11. The fourth-order valence-electron chi connectivity index (χ4n) is 3.11. The SMILES string of the molecule is CSCc1nc2ccccc2n1CC(=O)NC1CCN(C)CC1. The van der Waals surface area contributed by atoms with Crippen molar-refractivity contribution in [2.75, 3.05) is 26.4 Å². The number of rotatable bonds is 5. The Morgan fingerprint density at radius 1 is 1.35 bits per heavy atom. The summed E-state index contributed by atoms with van der Waals surface area (Å²) in [6.45, 7) is 2.45. The highest BCUT2D eigenvalue weighted by Gasteiger charge is 2.19. The molecule has 1 aliphatic heterocycles. The smallest absolute Gasteiger partial charge is 0.240 e. The molecule has 1 saturated heterocycles. The molecule has 1 aromatic carbocycles. The van der Waals surface area contributed by atoms with Crippen LogP contribution in [0.25, 0.3) is 11.0 Å². The molecule has 0 radical (unpaired) electrons. The van der Waals surface area contributed by atoms with Crippen LogP contribution in [0.1, 0.15) is 18.7 Å². The average Bonchev–Trinajstić information content (AvgIpc) is 2.88. The lowest BCUT2D eigenvalue weighted by Crippen LogP contribution is -2.44. The lowest BCUT2D eigenvalue weighted by atomic mass is 10.1. The summed E-state index contributed by atoms with van der Waals surface area (Å²) in [4.78, 5) is 19.5. The molecule has 1 aromatic heterocycles. The van der Waals surface area contributed by atoms with Crippen molar-refractivity contribution in [3.05, 3.63) is 30.1 Å². The number of nitrogens with zero attached hydrogens (tertiary/aromatic N) is 3. The van der Waals surface area contributed by atoms with E-state index in [-0.39, 0.29) is 5.91 Å². The second kappa shape index (κ2) is 7.36. The Labute approximate surface area is 141 Å². The summed E-state index contributed by atoms with van der Waals surface area (Å²) in [5.41, 5.74) is 2.00. The number of thioether (sulfide) groups is 1.